The van der Waals surface area contributed by atoms with Crippen molar-refractivity contribution in [3.8, 4) is 5.75 Å². The molecule has 0 heterocycles. The van der Waals surface area contributed by atoms with Crippen molar-refractivity contribution in [1.82, 2.24) is 0 Å². The maximum absolute atomic E-state index is 12.9. The number of ether oxygens (including phenoxy) is 2. The summed E-state index contributed by atoms with van der Waals surface area (Å²) < 4.78 is 23.5. The zero-order chi connectivity index (χ0) is 16.7. The normalized spacial score (nSPS) is 12.0. The van der Waals surface area contributed by atoms with Crippen molar-refractivity contribution in [1.29, 1.82) is 0 Å². The van der Waals surface area contributed by atoms with Crippen molar-refractivity contribution in [2.24, 2.45) is 0 Å². The number of methoxy groups -OCH3 is 1. The van der Waals surface area contributed by atoms with Crippen LogP contribution < -0.4 is 9.64 Å². The van der Waals surface area contributed by atoms with Crippen LogP contribution in [0.3, 0.4) is 0 Å². The Morgan fingerprint density at radius 3 is 2.35 bits per heavy atom. The number of halogens is 1. The fraction of sp³-hybridized carbons (Fsp3) is 0.333. The molecule has 2 aromatic rings. The Morgan fingerprint density at radius 1 is 1.09 bits per heavy atom. The molecular weight excluding hydrogens is 297 g/mol. The summed E-state index contributed by atoms with van der Waals surface area (Å²) >= 11 is 0. The Hall–Kier alpha value is -2.11. The van der Waals surface area contributed by atoms with Crippen LogP contribution in [0.1, 0.15) is 5.56 Å². The van der Waals surface area contributed by atoms with Gasteiger partial charge in [-0.15, -0.1) is 0 Å². The fourth-order valence-electron chi connectivity index (χ4n) is 2.20. The van der Waals surface area contributed by atoms with Gasteiger partial charge < -0.3 is 19.5 Å². The Bertz CT molecular complexity index is 586. The monoisotopic (exact) mass is 319 g/mol. The van der Waals surface area contributed by atoms with Crippen molar-refractivity contribution in [3.05, 3.63) is 59.9 Å². The molecule has 23 heavy (non-hydrogen) atoms. The topological polar surface area (TPSA) is 41.9 Å². The molecule has 1 atom stereocenters. The van der Waals surface area contributed by atoms with E-state index < -0.39 is 6.10 Å². The first kappa shape index (κ1) is 17.2. The van der Waals surface area contributed by atoms with Gasteiger partial charge in [0.25, 0.3) is 0 Å². The van der Waals surface area contributed by atoms with Gasteiger partial charge >= 0.3 is 0 Å². The number of rotatable bonds is 8. The second-order valence-electron chi connectivity index (χ2n) is 5.37. The van der Waals surface area contributed by atoms with Gasteiger partial charge in [-0.05, 0) is 42.0 Å². The summed E-state index contributed by atoms with van der Waals surface area (Å²) in [7, 11) is 3.47. The van der Waals surface area contributed by atoms with Crippen LogP contribution in [0.15, 0.2) is 48.5 Å². The number of likely N-dealkylation sites (N-methyl/N-ethyl adjacent to an activating group) is 1. The first-order valence-corrected chi connectivity index (χ1v) is 7.44. The second-order valence-corrected chi connectivity index (χ2v) is 5.37. The third-order valence-corrected chi connectivity index (χ3v) is 3.49. The number of hydrogen-bond acceptors (Lipinski definition) is 4. The molecule has 124 valence electrons. The molecule has 0 amide bonds. The molecule has 2 aromatic carbocycles. The van der Waals surface area contributed by atoms with E-state index in [-0.39, 0.29) is 12.4 Å². The molecule has 0 bridgehead atoms. The van der Waals surface area contributed by atoms with Gasteiger partial charge in [-0.25, -0.2) is 4.39 Å². The molecule has 0 aliphatic carbocycles. The van der Waals surface area contributed by atoms with Gasteiger partial charge in [0.1, 0.15) is 11.6 Å². The summed E-state index contributed by atoms with van der Waals surface area (Å²) in [6.45, 7) is 1.08. The summed E-state index contributed by atoms with van der Waals surface area (Å²) in [4.78, 5) is 1.86. The summed E-state index contributed by atoms with van der Waals surface area (Å²) in [5.41, 5.74) is 1.87. The van der Waals surface area contributed by atoms with E-state index in [1.807, 2.05) is 36.2 Å². The van der Waals surface area contributed by atoms with E-state index >= 15 is 0 Å². The third-order valence-electron chi connectivity index (χ3n) is 3.49. The number of anilines is 1. The minimum atomic E-state index is -0.622. The van der Waals surface area contributed by atoms with E-state index in [4.69, 9.17) is 9.47 Å². The highest BCUT2D eigenvalue weighted by molar-refractivity contribution is 5.45. The smallest absolute Gasteiger partial charge is 0.123 e. The highest BCUT2D eigenvalue weighted by Crippen LogP contribution is 2.14. The molecule has 0 saturated heterocycles. The summed E-state index contributed by atoms with van der Waals surface area (Å²) in [6.07, 6.45) is -0.622. The molecule has 0 saturated carbocycles. The fourth-order valence-corrected chi connectivity index (χ4v) is 2.20. The van der Waals surface area contributed by atoms with Crippen molar-refractivity contribution >= 4 is 5.69 Å². The SMILES string of the molecule is COc1ccc(COCC(O)CN(C)c2ccc(F)cc2)cc1. The molecular formula is C18H22FNO3. The molecule has 5 heteroatoms. The standard InChI is InChI=1S/C18H22FNO3/c1-20(16-7-5-15(19)6-8-16)11-17(21)13-23-12-14-3-9-18(22-2)10-4-14/h3-10,17,21H,11-13H2,1-2H3. The van der Waals surface area contributed by atoms with Gasteiger partial charge in [-0.2, -0.15) is 0 Å². The maximum Gasteiger partial charge on any atom is 0.123 e. The van der Waals surface area contributed by atoms with Crippen molar-refractivity contribution in [2.45, 2.75) is 12.7 Å². The molecule has 0 aliphatic heterocycles. The van der Waals surface area contributed by atoms with Crippen LogP contribution in [0, 0.1) is 5.82 Å². The minimum absolute atomic E-state index is 0.234. The van der Waals surface area contributed by atoms with Crippen LogP contribution >= 0.6 is 0 Å². The Morgan fingerprint density at radius 2 is 1.74 bits per heavy atom. The minimum Gasteiger partial charge on any atom is -0.497 e. The zero-order valence-electron chi connectivity index (χ0n) is 13.4. The van der Waals surface area contributed by atoms with Crippen molar-refractivity contribution < 1.29 is 19.0 Å². The second kappa shape index (κ2) is 8.50. The maximum atomic E-state index is 12.9. The Kier molecular flexibility index (Phi) is 6.38. The molecule has 0 spiro atoms. The molecule has 0 aliphatic rings. The van der Waals surface area contributed by atoms with Gasteiger partial charge in [0.2, 0.25) is 0 Å². The lowest BCUT2D eigenvalue weighted by Gasteiger charge is -2.22. The van der Waals surface area contributed by atoms with E-state index in [9.17, 15) is 9.50 Å². The van der Waals surface area contributed by atoms with Crippen molar-refractivity contribution in [2.75, 3.05) is 32.2 Å². The van der Waals surface area contributed by atoms with Crippen LogP contribution in [-0.2, 0) is 11.3 Å². The van der Waals surface area contributed by atoms with Crippen LogP contribution in [0.4, 0.5) is 10.1 Å². The van der Waals surface area contributed by atoms with E-state index in [0.29, 0.717) is 13.2 Å². The predicted octanol–water partition coefficient (Wildman–Crippen LogP) is 2.85. The highest BCUT2D eigenvalue weighted by Gasteiger charge is 2.09. The average Bonchev–Trinajstić information content (AvgIpc) is 2.56. The van der Waals surface area contributed by atoms with E-state index in [1.165, 1.54) is 12.1 Å². The lowest BCUT2D eigenvalue weighted by molar-refractivity contribution is 0.0324. The van der Waals surface area contributed by atoms with Crippen LogP contribution in [-0.4, -0.2) is 38.5 Å². The van der Waals surface area contributed by atoms with E-state index in [2.05, 4.69) is 0 Å². The number of aliphatic hydroxyl groups is 1. The number of benzene rings is 2. The molecule has 0 radical (unpaired) electrons. The van der Waals surface area contributed by atoms with Crippen molar-refractivity contribution in [3.63, 3.8) is 0 Å². The number of hydrogen-bond donors (Lipinski definition) is 1. The van der Waals surface area contributed by atoms with Gasteiger partial charge in [0.15, 0.2) is 0 Å². The molecule has 2 rings (SSSR count). The highest BCUT2D eigenvalue weighted by atomic mass is 19.1. The van der Waals surface area contributed by atoms with Gasteiger partial charge in [0, 0.05) is 19.3 Å². The first-order chi connectivity index (χ1) is 11.1. The van der Waals surface area contributed by atoms with E-state index in [0.717, 1.165) is 17.0 Å². The van der Waals surface area contributed by atoms with Gasteiger partial charge in [-0.3, -0.25) is 0 Å². The molecule has 4 nitrogen and oxygen atoms in total. The summed E-state index contributed by atoms with van der Waals surface area (Å²) in [5, 5.41) is 10.0. The average molecular weight is 319 g/mol. The third kappa shape index (κ3) is 5.54. The van der Waals surface area contributed by atoms with Crippen LogP contribution in [0.5, 0.6) is 5.75 Å². The lowest BCUT2D eigenvalue weighted by Crippen LogP contribution is -2.32. The summed E-state index contributed by atoms with van der Waals surface area (Å²) in [6, 6.07) is 13.8. The number of aliphatic hydroxyl groups excluding tert-OH is 1. The molecule has 1 unspecified atom stereocenters. The molecule has 1 N–H and O–H groups in total. The lowest BCUT2D eigenvalue weighted by atomic mass is 10.2. The molecule has 0 fully saturated rings. The van der Waals surface area contributed by atoms with Gasteiger partial charge in [-0.1, -0.05) is 12.1 Å². The molecule has 0 aromatic heterocycles. The predicted molar refractivity (Wildman–Crippen MR) is 88.3 cm³/mol. The Balaban J connectivity index is 1.73. The van der Waals surface area contributed by atoms with E-state index in [1.54, 1.807) is 19.2 Å². The number of nitrogens with zero attached hydrogens (tertiary/aromatic N) is 1. The van der Waals surface area contributed by atoms with Crippen LogP contribution in [0.25, 0.3) is 0 Å². The zero-order valence-corrected chi connectivity index (χ0v) is 13.4. The van der Waals surface area contributed by atoms with Crippen LogP contribution in [0.2, 0.25) is 0 Å². The van der Waals surface area contributed by atoms with Gasteiger partial charge in [0.05, 0.1) is 26.4 Å². The summed E-state index contributed by atoms with van der Waals surface area (Å²) in [5.74, 6) is 0.528. The first-order valence-electron chi connectivity index (χ1n) is 7.44. The quantitative estimate of drug-likeness (QED) is 0.812. The largest absolute Gasteiger partial charge is 0.497 e. The Labute approximate surface area is 136 Å².